The molecule has 2 heterocycles. The van der Waals surface area contributed by atoms with Crippen LogP contribution in [0.15, 0.2) is 28.0 Å². The smallest absolute Gasteiger partial charge is 0.118 e. The van der Waals surface area contributed by atoms with Crippen LogP contribution in [-0.4, -0.2) is 18.5 Å². The zero-order valence-corrected chi connectivity index (χ0v) is 12.1. The molecule has 3 nitrogen and oxygen atoms in total. The lowest BCUT2D eigenvalue weighted by atomic mass is 10.2. The maximum atomic E-state index is 5.96. The van der Waals surface area contributed by atoms with Gasteiger partial charge in [-0.05, 0) is 32.2 Å². The van der Waals surface area contributed by atoms with Crippen molar-refractivity contribution in [1.82, 2.24) is 4.90 Å². The minimum atomic E-state index is 0.174. The number of thiophene rings is 1. The van der Waals surface area contributed by atoms with Gasteiger partial charge < -0.3 is 10.2 Å². The summed E-state index contributed by atoms with van der Waals surface area (Å²) in [5.41, 5.74) is 5.87. The van der Waals surface area contributed by atoms with E-state index in [-0.39, 0.29) is 6.04 Å². The number of hydrogen-bond donors (Lipinski definition) is 1. The van der Waals surface area contributed by atoms with Gasteiger partial charge in [-0.25, -0.2) is 0 Å². The molecule has 0 aliphatic carbocycles. The van der Waals surface area contributed by atoms with E-state index < -0.39 is 0 Å². The van der Waals surface area contributed by atoms with Crippen molar-refractivity contribution < 1.29 is 4.42 Å². The Morgan fingerprint density at radius 2 is 2.28 bits per heavy atom. The predicted molar refractivity (Wildman–Crippen MR) is 76.0 cm³/mol. The van der Waals surface area contributed by atoms with Crippen LogP contribution in [-0.2, 0) is 6.54 Å². The molecule has 5 heteroatoms. The van der Waals surface area contributed by atoms with Crippen molar-refractivity contribution >= 4 is 22.9 Å². The van der Waals surface area contributed by atoms with Gasteiger partial charge in [0.15, 0.2) is 0 Å². The normalized spacial score (nSPS) is 13.2. The molecule has 2 aromatic heterocycles. The van der Waals surface area contributed by atoms with Crippen LogP contribution in [0.25, 0.3) is 0 Å². The fraction of sp³-hybridized carbons (Fsp3) is 0.385. The van der Waals surface area contributed by atoms with Crippen LogP contribution in [0.2, 0.25) is 5.02 Å². The molecular formula is C13H17ClN2OS. The van der Waals surface area contributed by atoms with Gasteiger partial charge in [-0.1, -0.05) is 11.6 Å². The monoisotopic (exact) mass is 284 g/mol. The minimum absolute atomic E-state index is 0.174. The molecule has 0 aliphatic rings. The Bertz CT molecular complexity index is 509. The number of nitrogens with two attached hydrogens (primary N) is 1. The Labute approximate surface area is 116 Å². The van der Waals surface area contributed by atoms with Crippen molar-refractivity contribution in [2.24, 2.45) is 5.73 Å². The van der Waals surface area contributed by atoms with Crippen LogP contribution in [0.3, 0.4) is 0 Å². The lowest BCUT2D eigenvalue weighted by Crippen LogP contribution is -2.29. The first-order chi connectivity index (χ1) is 8.60. The molecule has 1 atom stereocenters. The maximum Gasteiger partial charge on any atom is 0.118 e. The summed E-state index contributed by atoms with van der Waals surface area (Å²) in [6.07, 6.45) is 0. The second-order valence-corrected chi connectivity index (χ2v) is 5.73. The Morgan fingerprint density at radius 3 is 2.78 bits per heavy atom. The van der Waals surface area contributed by atoms with E-state index in [4.69, 9.17) is 21.8 Å². The topological polar surface area (TPSA) is 42.4 Å². The van der Waals surface area contributed by atoms with Gasteiger partial charge in [0.2, 0.25) is 0 Å². The molecule has 0 aromatic carbocycles. The van der Waals surface area contributed by atoms with Gasteiger partial charge in [0.25, 0.3) is 0 Å². The first-order valence-corrected chi connectivity index (χ1v) is 7.05. The van der Waals surface area contributed by atoms with Gasteiger partial charge in [0.05, 0.1) is 17.6 Å². The standard InChI is InChI=1S/C13H17ClN2OS/c1-9-3-4-11(17-9)7-16(2)12(6-15)13-5-10(14)8-18-13/h3-5,8,12H,6-7,15H2,1-2H3. The first kappa shape index (κ1) is 13.6. The molecule has 18 heavy (non-hydrogen) atoms. The zero-order valence-electron chi connectivity index (χ0n) is 10.5. The van der Waals surface area contributed by atoms with E-state index in [1.807, 2.05) is 37.6 Å². The number of aryl methyl sites for hydroxylation is 1. The third kappa shape index (κ3) is 3.14. The fourth-order valence-electron chi connectivity index (χ4n) is 1.94. The molecule has 0 amide bonds. The first-order valence-electron chi connectivity index (χ1n) is 5.79. The summed E-state index contributed by atoms with van der Waals surface area (Å²) in [7, 11) is 2.04. The second kappa shape index (κ2) is 5.89. The Kier molecular flexibility index (Phi) is 4.45. The summed E-state index contributed by atoms with van der Waals surface area (Å²) in [5.74, 6) is 1.89. The van der Waals surface area contributed by atoms with E-state index >= 15 is 0 Å². The van der Waals surface area contributed by atoms with Crippen molar-refractivity contribution in [2.75, 3.05) is 13.6 Å². The Hall–Kier alpha value is -0.810. The lowest BCUT2D eigenvalue weighted by molar-refractivity contribution is 0.224. The summed E-state index contributed by atoms with van der Waals surface area (Å²) in [6.45, 7) is 3.25. The summed E-state index contributed by atoms with van der Waals surface area (Å²) < 4.78 is 5.58. The molecule has 2 N–H and O–H groups in total. The van der Waals surface area contributed by atoms with Crippen molar-refractivity contribution in [2.45, 2.75) is 19.5 Å². The van der Waals surface area contributed by atoms with Crippen LogP contribution in [0.5, 0.6) is 0 Å². The number of hydrogen-bond acceptors (Lipinski definition) is 4. The summed E-state index contributed by atoms with van der Waals surface area (Å²) in [6, 6.07) is 6.13. The summed E-state index contributed by atoms with van der Waals surface area (Å²) in [5, 5.41) is 2.71. The molecule has 0 radical (unpaired) electrons. The van der Waals surface area contributed by atoms with Crippen LogP contribution < -0.4 is 5.73 Å². The third-order valence-electron chi connectivity index (χ3n) is 2.87. The number of nitrogens with zero attached hydrogens (tertiary/aromatic N) is 1. The van der Waals surface area contributed by atoms with Gasteiger partial charge in [-0.15, -0.1) is 11.3 Å². The van der Waals surface area contributed by atoms with Crippen molar-refractivity contribution in [1.29, 1.82) is 0 Å². The van der Waals surface area contributed by atoms with Gasteiger partial charge in [0, 0.05) is 16.8 Å². The predicted octanol–water partition coefficient (Wildman–Crippen LogP) is 3.43. The second-order valence-electron chi connectivity index (χ2n) is 4.35. The molecule has 0 saturated heterocycles. The molecule has 0 spiro atoms. The highest BCUT2D eigenvalue weighted by Gasteiger charge is 2.18. The van der Waals surface area contributed by atoms with Gasteiger partial charge in [-0.3, -0.25) is 4.90 Å². The fourth-order valence-corrected chi connectivity index (χ4v) is 3.20. The molecule has 0 fully saturated rings. The largest absolute Gasteiger partial charge is 0.465 e. The number of rotatable bonds is 5. The molecule has 98 valence electrons. The van der Waals surface area contributed by atoms with Crippen molar-refractivity contribution in [3.05, 3.63) is 45.0 Å². The quantitative estimate of drug-likeness (QED) is 0.915. The highest BCUT2D eigenvalue weighted by molar-refractivity contribution is 7.10. The van der Waals surface area contributed by atoms with Gasteiger partial charge in [-0.2, -0.15) is 0 Å². The average molecular weight is 285 g/mol. The van der Waals surface area contributed by atoms with E-state index in [0.717, 1.165) is 23.1 Å². The van der Waals surface area contributed by atoms with E-state index in [0.29, 0.717) is 6.54 Å². The molecule has 2 rings (SSSR count). The lowest BCUT2D eigenvalue weighted by Gasteiger charge is -2.25. The average Bonchev–Trinajstić information content (AvgIpc) is 2.89. The zero-order chi connectivity index (χ0) is 13.1. The summed E-state index contributed by atoms with van der Waals surface area (Å²) in [4.78, 5) is 3.37. The molecule has 0 saturated carbocycles. The van der Waals surface area contributed by atoms with Gasteiger partial charge in [0.1, 0.15) is 11.5 Å². The molecule has 0 aliphatic heterocycles. The van der Waals surface area contributed by atoms with Crippen LogP contribution >= 0.6 is 22.9 Å². The SMILES string of the molecule is Cc1ccc(CN(C)C(CN)c2cc(Cl)cs2)o1. The minimum Gasteiger partial charge on any atom is -0.465 e. The Balaban J connectivity index is 2.08. The molecule has 2 aromatic rings. The van der Waals surface area contributed by atoms with Crippen molar-refractivity contribution in [3.63, 3.8) is 0 Å². The third-order valence-corrected chi connectivity index (χ3v) is 4.25. The maximum absolute atomic E-state index is 5.96. The molecular weight excluding hydrogens is 268 g/mol. The van der Waals surface area contributed by atoms with E-state index in [1.165, 1.54) is 4.88 Å². The van der Waals surface area contributed by atoms with Crippen LogP contribution in [0.1, 0.15) is 22.4 Å². The highest BCUT2D eigenvalue weighted by Crippen LogP contribution is 2.29. The van der Waals surface area contributed by atoms with Crippen molar-refractivity contribution in [3.8, 4) is 0 Å². The number of likely N-dealkylation sites (N-methyl/N-ethyl adjacent to an activating group) is 1. The molecule has 0 bridgehead atoms. The van der Waals surface area contributed by atoms with Crippen LogP contribution in [0, 0.1) is 6.92 Å². The Morgan fingerprint density at radius 1 is 1.50 bits per heavy atom. The number of furan rings is 1. The van der Waals surface area contributed by atoms with Gasteiger partial charge >= 0.3 is 0 Å². The van der Waals surface area contributed by atoms with Crippen LogP contribution in [0.4, 0.5) is 0 Å². The molecule has 1 unspecified atom stereocenters. The summed E-state index contributed by atoms with van der Waals surface area (Å²) >= 11 is 7.60. The number of halogens is 1. The van der Waals surface area contributed by atoms with E-state index in [9.17, 15) is 0 Å². The van der Waals surface area contributed by atoms with E-state index in [1.54, 1.807) is 11.3 Å². The highest BCUT2D eigenvalue weighted by atomic mass is 35.5. The van der Waals surface area contributed by atoms with E-state index in [2.05, 4.69) is 4.90 Å².